The van der Waals surface area contributed by atoms with E-state index < -0.39 is 0 Å². The van der Waals surface area contributed by atoms with Crippen LogP contribution in [-0.2, 0) is 14.1 Å². The van der Waals surface area contributed by atoms with Crippen LogP contribution in [0.3, 0.4) is 0 Å². The highest BCUT2D eigenvalue weighted by Gasteiger charge is 2.15. The fraction of sp³-hybridized carbons (Fsp3) is 0.278. The Balaban J connectivity index is 2.31. The van der Waals surface area contributed by atoms with Crippen LogP contribution in [0.5, 0.6) is 0 Å². The maximum Gasteiger partial charge on any atom is 0.178 e. The molecule has 0 saturated heterocycles. The fourth-order valence-electron chi connectivity index (χ4n) is 3.51. The second-order valence-electron chi connectivity index (χ2n) is 6.14. The second kappa shape index (κ2) is 4.10. The van der Waals surface area contributed by atoms with E-state index in [2.05, 4.69) is 78.9 Å². The summed E-state index contributed by atoms with van der Waals surface area (Å²) in [5, 5.41) is 5.42. The van der Waals surface area contributed by atoms with E-state index >= 15 is 0 Å². The lowest BCUT2D eigenvalue weighted by Gasteiger charge is -2.16. The predicted molar refractivity (Wildman–Crippen MR) is 87.1 cm³/mol. The average molecular weight is 278 g/mol. The monoisotopic (exact) mass is 278 g/mol. The standard InChI is InChI=1S/C18H20N3/c1-12-14-10-19(2)7-5-13(14)9-17-18(12)15-11-20(3)8-6-16(15)21(17)4/h5-6,8-11H,7H2,1-4H3/q+1. The number of fused-ring (bicyclic) bond motifs is 4. The van der Waals surface area contributed by atoms with Crippen molar-refractivity contribution in [3.05, 3.63) is 40.5 Å². The van der Waals surface area contributed by atoms with E-state index in [0.717, 1.165) is 6.54 Å². The smallest absolute Gasteiger partial charge is 0.178 e. The van der Waals surface area contributed by atoms with Crippen molar-refractivity contribution in [1.29, 1.82) is 0 Å². The molecule has 2 aromatic heterocycles. The Labute approximate surface area is 124 Å². The second-order valence-corrected chi connectivity index (χ2v) is 6.14. The molecule has 0 fully saturated rings. The van der Waals surface area contributed by atoms with Crippen LogP contribution < -0.4 is 15.0 Å². The van der Waals surface area contributed by atoms with Crippen molar-refractivity contribution in [2.24, 2.45) is 14.1 Å². The lowest BCUT2D eigenvalue weighted by atomic mass is 10.0. The number of rotatable bonds is 0. The first-order valence-electron chi connectivity index (χ1n) is 7.35. The fourth-order valence-corrected chi connectivity index (χ4v) is 3.51. The summed E-state index contributed by atoms with van der Waals surface area (Å²) in [4.78, 5) is 2.24. The first-order chi connectivity index (χ1) is 10.1. The highest BCUT2D eigenvalue weighted by Crippen LogP contribution is 2.27. The van der Waals surface area contributed by atoms with Gasteiger partial charge in [0.05, 0.1) is 10.9 Å². The summed E-state index contributed by atoms with van der Waals surface area (Å²) in [6.07, 6.45) is 8.93. The van der Waals surface area contributed by atoms with Crippen LogP contribution in [0.15, 0.2) is 24.5 Å². The third-order valence-corrected chi connectivity index (χ3v) is 4.66. The van der Waals surface area contributed by atoms with E-state index in [4.69, 9.17) is 0 Å². The molecular formula is C18H20N3+. The molecule has 4 rings (SSSR count). The summed E-state index contributed by atoms with van der Waals surface area (Å²) in [6, 6.07) is 4.54. The van der Waals surface area contributed by atoms with Crippen molar-refractivity contribution in [3.63, 3.8) is 0 Å². The minimum absolute atomic E-state index is 0.983. The molecule has 3 heteroatoms. The van der Waals surface area contributed by atoms with Crippen molar-refractivity contribution < 1.29 is 4.57 Å². The van der Waals surface area contributed by atoms with E-state index in [0.29, 0.717) is 0 Å². The minimum atomic E-state index is 0.983. The highest BCUT2D eigenvalue weighted by molar-refractivity contribution is 6.09. The molecule has 1 aliphatic heterocycles. The molecule has 0 N–H and O–H groups in total. The van der Waals surface area contributed by atoms with E-state index in [1.807, 2.05) is 0 Å². The summed E-state index contributed by atoms with van der Waals surface area (Å²) in [7, 11) is 6.38. The zero-order valence-corrected chi connectivity index (χ0v) is 13.0. The Bertz CT molecular complexity index is 1010. The van der Waals surface area contributed by atoms with Gasteiger partial charge in [-0.25, -0.2) is 4.57 Å². The molecule has 21 heavy (non-hydrogen) atoms. The van der Waals surface area contributed by atoms with Gasteiger partial charge < -0.3 is 9.47 Å². The molecule has 0 atom stereocenters. The molecule has 0 spiro atoms. The quantitative estimate of drug-likeness (QED) is 0.557. The van der Waals surface area contributed by atoms with Gasteiger partial charge in [-0.15, -0.1) is 0 Å². The van der Waals surface area contributed by atoms with Crippen LogP contribution in [0.25, 0.3) is 34.1 Å². The molecule has 1 aromatic carbocycles. The molecule has 3 aromatic rings. The molecule has 1 aliphatic rings. The van der Waals surface area contributed by atoms with Gasteiger partial charge in [0.15, 0.2) is 12.4 Å². The zero-order valence-electron chi connectivity index (χ0n) is 13.0. The molecule has 3 nitrogen and oxygen atoms in total. The number of nitrogens with zero attached hydrogens (tertiary/aromatic N) is 3. The number of aryl methyl sites for hydroxylation is 3. The Hall–Kier alpha value is -2.29. The molecule has 0 aliphatic carbocycles. The van der Waals surface area contributed by atoms with Crippen LogP contribution in [-0.4, -0.2) is 23.1 Å². The summed E-state index contributed by atoms with van der Waals surface area (Å²) >= 11 is 0. The average Bonchev–Trinajstić information content (AvgIpc) is 2.73. The molecule has 0 bridgehead atoms. The topological polar surface area (TPSA) is 12.0 Å². The van der Waals surface area contributed by atoms with Gasteiger partial charge in [-0.3, -0.25) is 0 Å². The van der Waals surface area contributed by atoms with Gasteiger partial charge in [0.25, 0.3) is 0 Å². The zero-order chi connectivity index (χ0) is 14.7. The largest absolute Gasteiger partial charge is 0.376 e. The Morgan fingerprint density at radius 3 is 2.81 bits per heavy atom. The van der Waals surface area contributed by atoms with E-state index in [1.165, 1.54) is 37.8 Å². The van der Waals surface area contributed by atoms with Crippen molar-refractivity contribution in [2.45, 2.75) is 6.92 Å². The minimum Gasteiger partial charge on any atom is -0.376 e. The lowest BCUT2D eigenvalue weighted by molar-refractivity contribution is -0.670. The first-order valence-corrected chi connectivity index (χ1v) is 7.35. The molecular weight excluding hydrogens is 258 g/mol. The summed E-state index contributed by atoms with van der Waals surface area (Å²) in [6.45, 7) is 3.23. The van der Waals surface area contributed by atoms with Gasteiger partial charge >= 0.3 is 0 Å². The number of aromatic nitrogens is 2. The molecule has 0 saturated carbocycles. The number of hydrogen-bond donors (Lipinski definition) is 0. The molecule has 0 amide bonds. The van der Waals surface area contributed by atoms with E-state index in [-0.39, 0.29) is 0 Å². The maximum atomic E-state index is 2.33. The Morgan fingerprint density at radius 1 is 1.19 bits per heavy atom. The number of pyridine rings is 1. The van der Waals surface area contributed by atoms with Gasteiger partial charge in [-0.2, -0.15) is 0 Å². The normalized spacial score (nSPS) is 14.2. The van der Waals surface area contributed by atoms with E-state index in [9.17, 15) is 0 Å². The third kappa shape index (κ3) is 1.63. The van der Waals surface area contributed by atoms with Gasteiger partial charge in [0, 0.05) is 49.0 Å². The lowest BCUT2D eigenvalue weighted by Crippen LogP contribution is -2.36. The van der Waals surface area contributed by atoms with Crippen LogP contribution in [0, 0.1) is 6.92 Å². The van der Waals surface area contributed by atoms with Crippen molar-refractivity contribution in [2.75, 3.05) is 13.6 Å². The van der Waals surface area contributed by atoms with Gasteiger partial charge in [0.2, 0.25) is 0 Å². The van der Waals surface area contributed by atoms with Crippen LogP contribution in [0.1, 0.15) is 5.56 Å². The number of hydrogen-bond acceptors (Lipinski definition) is 1. The Kier molecular flexibility index (Phi) is 2.43. The Morgan fingerprint density at radius 2 is 2.00 bits per heavy atom. The number of benzene rings is 1. The highest BCUT2D eigenvalue weighted by atomic mass is 15.1. The predicted octanol–water partition coefficient (Wildman–Crippen LogP) is 0.928. The van der Waals surface area contributed by atoms with Crippen molar-refractivity contribution >= 4 is 34.1 Å². The van der Waals surface area contributed by atoms with Crippen LogP contribution in [0.4, 0.5) is 0 Å². The third-order valence-electron chi connectivity index (χ3n) is 4.66. The van der Waals surface area contributed by atoms with Crippen molar-refractivity contribution in [1.82, 2.24) is 9.47 Å². The molecule has 106 valence electrons. The maximum absolute atomic E-state index is 2.33. The molecule has 3 heterocycles. The van der Waals surface area contributed by atoms with Crippen LogP contribution in [0.2, 0.25) is 0 Å². The van der Waals surface area contributed by atoms with Gasteiger partial charge in [-0.1, -0.05) is 6.08 Å². The van der Waals surface area contributed by atoms with Gasteiger partial charge in [0.1, 0.15) is 7.05 Å². The SMILES string of the molecule is Cc1c2c(cc3c1c1c[n+](C)ccc1n3C)=CCN(C)C=2. The summed E-state index contributed by atoms with van der Waals surface area (Å²) in [5.74, 6) is 0. The van der Waals surface area contributed by atoms with Gasteiger partial charge in [-0.05, 0) is 23.8 Å². The molecule has 0 radical (unpaired) electrons. The summed E-state index contributed by atoms with van der Waals surface area (Å²) in [5.41, 5.74) is 3.99. The molecule has 0 unspecified atom stereocenters. The van der Waals surface area contributed by atoms with Crippen molar-refractivity contribution in [3.8, 4) is 0 Å². The van der Waals surface area contributed by atoms with E-state index in [1.54, 1.807) is 0 Å². The van der Waals surface area contributed by atoms with Crippen LogP contribution >= 0.6 is 0 Å². The summed E-state index contributed by atoms with van der Waals surface area (Å²) < 4.78 is 4.44. The first kappa shape index (κ1) is 12.5.